The Kier molecular flexibility index (Phi) is 3.79. The average molecular weight is 275 g/mol. The lowest BCUT2D eigenvalue weighted by Gasteiger charge is -2.10. The van der Waals surface area contributed by atoms with Gasteiger partial charge in [-0.3, -0.25) is 19.5 Å². The van der Waals surface area contributed by atoms with E-state index in [1.54, 1.807) is 13.8 Å². The predicted molar refractivity (Wildman–Crippen MR) is 72.4 cm³/mol. The summed E-state index contributed by atoms with van der Waals surface area (Å²) in [5.74, 6) is 0.00718. The predicted octanol–water partition coefficient (Wildman–Crippen LogP) is 1.85. The summed E-state index contributed by atoms with van der Waals surface area (Å²) in [6, 6.07) is 4.31. The largest absolute Gasteiger partial charge is 0.474 e. The van der Waals surface area contributed by atoms with E-state index in [2.05, 4.69) is 4.98 Å². The summed E-state index contributed by atoms with van der Waals surface area (Å²) in [7, 11) is 0. The Bertz CT molecular complexity index is 709. The Morgan fingerprint density at radius 2 is 2.20 bits per heavy atom. The van der Waals surface area contributed by atoms with E-state index in [-0.39, 0.29) is 11.6 Å². The molecule has 0 amide bonds. The molecule has 0 saturated heterocycles. The first-order valence-electron chi connectivity index (χ1n) is 6.00. The molecule has 104 valence electrons. The molecule has 20 heavy (non-hydrogen) atoms. The van der Waals surface area contributed by atoms with Crippen LogP contribution < -0.4 is 10.3 Å². The number of hydrogen-bond donors (Lipinski definition) is 0. The van der Waals surface area contributed by atoms with E-state index in [0.717, 1.165) is 0 Å². The Hall–Kier alpha value is -2.70. The summed E-state index contributed by atoms with van der Waals surface area (Å²) in [5, 5.41) is 10.7. The molecule has 0 bridgehead atoms. The van der Waals surface area contributed by atoms with E-state index >= 15 is 0 Å². The SMILES string of the molecule is CCOc1nccn(-c2ccc([N+](=O)[O-])cc2C)c1=O. The normalized spacial score (nSPS) is 10.3. The summed E-state index contributed by atoms with van der Waals surface area (Å²) in [4.78, 5) is 26.3. The minimum atomic E-state index is -0.474. The second kappa shape index (κ2) is 5.52. The molecule has 0 spiro atoms. The molecule has 0 aliphatic rings. The van der Waals surface area contributed by atoms with Gasteiger partial charge in [0.05, 0.1) is 17.2 Å². The summed E-state index contributed by atoms with van der Waals surface area (Å²) in [5.41, 5.74) is 0.767. The van der Waals surface area contributed by atoms with Crippen molar-refractivity contribution in [2.75, 3.05) is 6.61 Å². The van der Waals surface area contributed by atoms with Gasteiger partial charge in [0, 0.05) is 24.5 Å². The number of nitro benzene ring substituents is 1. The van der Waals surface area contributed by atoms with E-state index < -0.39 is 10.5 Å². The maximum absolute atomic E-state index is 12.2. The van der Waals surface area contributed by atoms with Crippen molar-refractivity contribution < 1.29 is 9.66 Å². The van der Waals surface area contributed by atoms with Crippen LogP contribution in [0.2, 0.25) is 0 Å². The second-order valence-corrected chi connectivity index (χ2v) is 4.07. The van der Waals surface area contributed by atoms with Gasteiger partial charge in [-0.2, -0.15) is 0 Å². The molecule has 1 aromatic heterocycles. The Morgan fingerprint density at radius 3 is 2.80 bits per heavy atom. The van der Waals surface area contributed by atoms with Crippen LogP contribution in [0.15, 0.2) is 35.4 Å². The molecule has 1 heterocycles. The van der Waals surface area contributed by atoms with Crippen molar-refractivity contribution in [1.82, 2.24) is 9.55 Å². The van der Waals surface area contributed by atoms with Crippen LogP contribution in [0.25, 0.3) is 5.69 Å². The molecule has 1 aromatic carbocycles. The molecule has 0 fully saturated rings. The number of nitrogens with zero attached hydrogens (tertiary/aromatic N) is 3. The topological polar surface area (TPSA) is 87.3 Å². The van der Waals surface area contributed by atoms with Gasteiger partial charge in [0.15, 0.2) is 0 Å². The molecule has 2 rings (SSSR count). The van der Waals surface area contributed by atoms with Gasteiger partial charge in [-0.1, -0.05) is 0 Å². The first kappa shape index (κ1) is 13.7. The summed E-state index contributed by atoms with van der Waals surface area (Å²) >= 11 is 0. The van der Waals surface area contributed by atoms with Crippen LogP contribution >= 0.6 is 0 Å². The minimum Gasteiger partial charge on any atom is -0.474 e. The molecule has 0 saturated carbocycles. The first-order valence-corrected chi connectivity index (χ1v) is 6.00. The third kappa shape index (κ3) is 2.51. The van der Waals surface area contributed by atoms with Crippen LogP contribution in [0.5, 0.6) is 5.88 Å². The fourth-order valence-corrected chi connectivity index (χ4v) is 1.84. The molecular formula is C13H13N3O4. The van der Waals surface area contributed by atoms with Gasteiger partial charge in [-0.05, 0) is 25.5 Å². The molecule has 7 heteroatoms. The monoisotopic (exact) mass is 275 g/mol. The van der Waals surface area contributed by atoms with Gasteiger partial charge < -0.3 is 4.74 Å². The number of aryl methyl sites for hydroxylation is 1. The van der Waals surface area contributed by atoms with Crippen LogP contribution in [-0.4, -0.2) is 21.1 Å². The molecule has 0 atom stereocenters. The van der Waals surface area contributed by atoms with E-state index in [4.69, 9.17) is 4.74 Å². The van der Waals surface area contributed by atoms with Crippen molar-refractivity contribution in [3.05, 3.63) is 56.6 Å². The third-order valence-corrected chi connectivity index (χ3v) is 2.74. The molecule has 0 aliphatic heterocycles. The molecule has 0 aliphatic carbocycles. The van der Waals surface area contributed by atoms with Crippen LogP contribution in [-0.2, 0) is 0 Å². The van der Waals surface area contributed by atoms with Crippen molar-refractivity contribution in [3.8, 4) is 11.6 Å². The number of rotatable bonds is 4. The van der Waals surface area contributed by atoms with Gasteiger partial charge >= 0.3 is 5.56 Å². The number of benzene rings is 1. The fourth-order valence-electron chi connectivity index (χ4n) is 1.84. The van der Waals surface area contributed by atoms with Crippen LogP contribution in [0, 0.1) is 17.0 Å². The van der Waals surface area contributed by atoms with Gasteiger partial charge in [0.25, 0.3) is 11.6 Å². The van der Waals surface area contributed by atoms with E-state index in [0.29, 0.717) is 17.9 Å². The molecule has 0 N–H and O–H groups in total. The standard InChI is InChI=1S/C13H13N3O4/c1-3-20-12-13(17)15(7-6-14-12)11-5-4-10(16(18)19)8-9(11)2/h4-8H,3H2,1-2H3. The number of nitro groups is 1. The molecular weight excluding hydrogens is 262 g/mol. The first-order chi connectivity index (χ1) is 9.54. The third-order valence-electron chi connectivity index (χ3n) is 2.74. The number of non-ortho nitro benzene ring substituents is 1. The van der Waals surface area contributed by atoms with Gasteiger partial charge in [-0.25, -0.2) is 4.98 Å². The zero-order valence-electron chi connectivity index (χ0n) is 11.1. The van der Waals surface area contributed by atoms with Crippen LogP contribution in [0.1, 0.15) is 12.5 Å². The number of aromatic nitrogens is 2. The average Bonchev–Trinajstić information content (AvgIpc) is 2.42. The number of ether oxygens (including phenoxy) is 1. The lowest BCUT2D eigenvalue weighted by atomic mass is 10.2. The smallest absolute Gasteiger partial charge is 0.317 e. The van der Waals surface area contributed by atoms with Gasteiger partial charge in [-0.15, -0.1) is 0 Å². The summed E-state index contributed by atoms with van der Waals surface area (Å²) in [6.07, 6.45) is 2.95. The van der Waals surface area contributed by atoms with Gasteiger partial charge in [0.2, 0.25) is 0 Å². The van der Waals surface area contributed by atoms with Crippen molar-refractivity contribution in [3.63, 3.8) is 0 Å². The highest BCUT2D eigenvalue weighted by molar-refractivity contribution is 5.48. The zero-order valence-corrected chi connectivity index (χ0v) is 11.1. The van der Waals surface area contributed by atoms with E-state index in [1.807, 2.05) is 0 Å². The Labute approximate surface area is 114 Å². The van der Waals surface area contributed by atoms with Crippen molar-refractivity contribution in [2.24, 2.45) is 0 Å². The van der Waals surface area contributed by atoms with Crippen LogP contribution in [0.3, 0.4) is 0 Å². The van der Waals surface area contributed by atoms with Gasteiger partial charge in [0.1, 0.15) is 0 Å². The highest BCUT2D eigenvalue weighted by atomic mass is 16.6. The van der Waals surface area contributed by atoms with Crippen molar-refractivity contribution >= 4 is 5.69 Å². The molecule has 0 unspecified atom stereocenters. The summed E-state index contributed by atoms with van der Waals surface area (Å²) < 4.78 is 6.51. The highest BCUT2D eigenvalue weighted by Gasteiger charge is 2.12. The van der Waals surface area contributed by atoms with E-state index in [9.17, 15) is 14.9 Å². The highest BCUT2D eigenvalue weighted by Crippen LogP contribution is 2.19. The quantitative estimate of drug-likeness (QED) is 0.627. The fraction of sp³-hybridized carbons (Fsp3) is 0.231. The zero-order chi connectivity index (χ0) is 14.7. The van der Waals surface area contributed by atoms with Crippen molar-refractivity contribution in [2.45, 2.75) is 13.8 Å². The minimum absolute atomic E-state index is 0.00718. The second-order valence-electron chi connectivity index (χ2n) is 4.07. The molecule has 7 nitrogen and oxygen atoms in total. The lowest BCUT2D eigenvalue weighted by Crippen LogP contribution is -2.21. The van der Waals surface area contributed by atoms with Crippen molar-refractivity contribution in [1.29, 1.82) is 0 Å². The number of hydrogen-bond acceptors (Lipinski definition) is 5. The maximum Gasteiger partial charge on any atom is 0.317 e. The summed E-state index contributed by atoms with van der Waals surface area (Å²) in [6.45, 7) is 3.80. The lowest BCUT2D eigenvalue weighted by molar-refractivity contribution is -0.384. The van der Waals surface area contributed by atoms with Crippen LogP contribution in [0.4, 0.5) is 5.69 Å². The van der Waals surface area contributed by atoms with E-state index in [1.165, 1.54) is 35.2 Å². The molecule has 0 radical (unpaired) electrons. The Morgan fingerprint density at radius 1 is 1.45 bits per heavy atom. The molecule has 2 aromatic rings. The maximum atomic E-state index is 12.2. The Balaban J connectivity index is 2.55.